The number of carbonyl (C=O) groups excluding carboxylic acids is 2. The molecular formula is C6H7N3O2. The highest BCUT2D eigenvalue weighted by Gasteiger charge is 2.04. The zero-order valence-electron chi connectivity index (χ0n) is 5.65. The number of hydrogen-bond acceptors (Lipinski definition) is 2. The molecule has 3 N–H and O–H groups in total. The van der Waals surface area contributed by atoms with Crippen molar-refractivity contribution < 1.29 is 9.59 Å². The summed E-state index contributed by atoms with van der Waals surface area (Å²) in [5.41, 5.74) is 7.49. The van der Waals surface area contributed by atoms with Gasteiger partial charge < -0.3 is 5.73 Å². The van der Waals surface area contributed by atoms with Crippen molar-refractivity contribution in [2.75, 3.05) is 5.43 Å². The highest BCUT2D eigenvalue weighted by Crippen LogP contribution is 1.96. The minimum Gasteiger partial charge on any atom is -0.364 e. The molecule has 0 atom stereocenters. The zero-order chi connectivity index (χ0) is 8.27. The van der Waals surface area contributed by atoms with Crippen LogP contribution < -0.4 is 11.2 Å². The molecule has 11 heavy (non-hydrogen) atoms. The van der Waals surface area contributed by atoms with Gasteiger partial charge in [-0.05, 0) is 12.1 Å². The van der Waals surface area contributed by atoms with Gasteiger partial charge in [0.15, 0.2) is 0 Å². The molecule has 5 nitrogen and oxygen atoms in total. The van der Waals surface area contributed by atoms with Gasteiger partial charge in [0.2, 0.25) is 6.41 Å². The first-order valence-corrected chi connectivity index (χ1v) is 2.93. The largest absolute Gasteiger partial charge is 0.364 e. The third-order valence-corrected chi connectivity index (χ3v) is 1.19. The molecule has 1 heterocycles. The van der Waals surface area contributed by atoms with Crippen LogP contribution in [0.4, 0.5) is 0 Å². The Morgan fingerprint density at radius 2 is 2.45 bits per heavy atom. The molecule has 0 aliphatic carbocycles. The fraction of sp³-hybridized carbons (Fsp3) is 0. The second-order valence-electron chi connectivity index (χ2n) is 1.87. The lowest BCUT2D eigenvalue weighted by Crippen LogP contribution is -2.21. The molecule has 1 aromatic rings. The van der Waals surface area contributed by atoms with E-state index in [2.05, 4.69) is 5.43 Å². The van der Waals surface area contributed by atoms with E-state index in [0.717, 1.165) is 0 Å². The highest BCUT2D eigenvalue weighted by molar-refractivity contribution is 5.91. The van der Waals surface area contributed by atoms with Gasteiger partial charge in [-0.3, -0.25) is 19.7 Å². The minimum absolute atomic E-state index is 0.247. The summed E-state index contributed by atoms with van der Waals surface area (Å²) in [6, 6.07) is 3.12. The Kier molecular flexibility index (Phi) is 1.91. The lowest BCUT2D eigenvalue weighted by atomic mass is 10.4. The molecule has 5 heteroatoms. The van der Waals surface area contributed by atoms with E-state index in [1.165, 1.54) is 16.9 Å². The number of nitrogens with one attached hydrogen (secondary N) is 1. The smallest absolute Gasteiger partial charge is 0.267 e. The first-order valence-electron chi connectivity index (χ1n) is 2.93. The molecular weight excluding hydrogens is 146 g/mol. The summed E-state index contributed by atoms with van der Waals surface area (Å²) < 4.78 is 1.25. The Bertz CT molecular complexity index is 279. The second kappa shape index (κ2) is 2.87. The van der Waals surface area contributed by atoms with E-state index in [4.69, 9.17) is 5.73 Å². The van der Waals surface area contributed by atoms with Crippen molar-refractivity contribution in [1.29, 1.82) is 0 Å². The summed E-state index contributed by atoms with van der Waals surface area (Å²) in [6.45, 7) is 0. The van der Waals surface area contributed by atoms with Crippen LogP contribution >= 0.6 is 0 Å². The fourth-order valence-electron chi connectivity index (χ4n) is 0.751. The summed E-state index contributed by atoms with van der Waals surface area (Å²) in [6.07, 6.45) is 1.99. The minimum atomic E-state index is -0.579. The van der Waals surface area contributed by atoms with Crippen molar-refractivity contribution in [3.05, 3.63) is 24.0 Å². The quantitative estimate of drug-likeness (QED) is 0.562. The van der Waals surface area contributed by atoms with Crippen molar-refractivity contribution in [3.63, 3.8) is 0 Å². The zero-order valence-corrected chi connectivity index (χ0v) is 5.65. The molecule has 0 unspecified atom stereocenters. The number of aromatic nitrogens is 1. The van der Waals surface area contributed by atoms with Crippen LogP contribution in [0, 0.1) is 0 Å². The standard InChI is InChI=1S/C6H7N3O2/c7-6(11)5-2-1-3-9(5)8-4-10/h1-4H,(H2,7,11)(H,8,10). The molecule has 2 amide bonds. The Morgan fingerprint density at radius 3 is 3.00 bits per heavy atom. The third-order valence-electron chi connectivity index (χ3n) is 1.19. The molecule has 1 rings (SSSR count). The highest BCUT2D eigenvalue weighted by atomic mass is 16.2. The molecule has 0 saturated carbocycles. The number of primary amides is 1. The van der Waals surface area contributed by atoms with Crippen LogP contribution in [0.15, 0.2) is 18.3 Å². The summed E-state index contributed by atoms with van der Waals surface area (Å²) in [7, 11) is 0. The van der Waals surface area contributed by atoms with Gasteiger partial charge in [-0.25, -0.2) is 0 Å². The van der Waals surface area contributed by atoms with E-state index in [9.17, 15) is 9.59 Å². The molecule has 0 bridgehead atoms. The maximum atomic E-state index is 10.6. The Hall–Kier alpha value is -1.78. The molecule has 0 saturated heterocycles. The normalized spacial score (nSPS) is 9.09. The summed E-state index contributed by atoms with van der Waals surface area (Å²) >= 11 is 0. The van der Waals surface area contributed by atoms with Gasteiger partial charge in [0.25, 0.3) is 5.91 Å². The lowest BCUT2D eigenvalue weighted by Gasteiger charge is -2.01. The van der Waals surface area contributed by atoms with Crippen LogP contribution in [0.25, 0.3) is 0 Å². The number of amides is 2. The van der Waals surface area contributed by atoms with Crippen LogP contribution in [0.1, 0.15) is 10.5 Å². The van der Waals surface area contributed by atoms with Gasteiger partial charge in [-0.2, -0.15) is 0 Å². The van der Waals surface area contributed by atoms with E-state index in [-0.39, 0.29) is 5.69 Å². The molecule has 1 aromatic heterocycles. The van der Waals surface area contributed by atoms with E-state index >= 15 is 0 Å². The average molecular weight is 153 g/mol. The predicted molar refractivity (Wildman–Crippen MR) is 38.4 cm³/mol. The van der Waals surface area contributed by atoms with Crippen LogP contribution in [0.2, 0.25) is 0 Å². The van der Waals surface area contributed by atoms with Crippen molar-refractivity contribution in [2.45, 2.75) is 0 Å². The Balaban J connectivity index is 2.95. The first kappa shape index (κ1) is 7.33. The van der Waals surface area contributed by atoms with Crippen molar-refractivity contribution in [1.82, 2.24) is 4.68 Å². The molecule has 0 aliphatic rings. The second-order valence-corrected chi connectivity index (χ2v) is 1.87. The maximum Gasteiger partial charge on any atom is 0.267 e. The van der Waals surface area contributed by atoms with Gasteiger partial charge in [0, 0.05) is 6.20 Å². The van der Waals surface area contributed by atoms with Crippen molar-refractivity contribution in [2.24, 2.45) is 5.73 Å². The van der Waals surface area contributed by atoms with E-state index in [0.29, 0.717) is 6.41 Å². The average Bonchev–Trinajstić information content (AvgIpc) is 2.36. The Morgan fingerprint density at radius 1 is 1.73 bits per heavy atom. The number of hydrogen-bond donors (Lipinski definition) is 2. The van der Waals surface area contributed by atoms with Gasteiger partial charge in [-0.1, -0.05) is 0 Å². The van der Waals surface area contributed by atoms with Crippen molar-refractivity contribution >= 4 is 12.3 Å². The van der Waals surface area contributed by atoms with E-state index in [1.807, 2.05) is 0 Å². The number of nitrogens with two attached hydrogens (primary N) is 1. The lowest BCUT2D eigenvalue weighted by molar-refractivity contribution is -0.106. The summed E-state index contributed by atoms with van der Waals surface area (Å²) in [5, 5.41) is 0. The van der Waals surface area contributed by atoms with Crippen LogP contribution in [0.3, 0.4) is 0 Å². The van der Waals surface area contributed by atoms with Crippen LogP contribution in [-0.2, 0) is 4.79 Å². The molecule has 0 aliphatic heterocycles. The summed E-state index contributed by atoms with van der Waals surface area (Å²) in [5.74, 6) is -0.579. The first-order chi connectivity index (χ1) is 5.25. The molecule has 0 spiro atoms. The maximum absolute atomic E-state index is 10.6. The summed E-state index contributed by atoms with van der Waals surface area (Å²) in [4.78, 5) is 20.6. The molecule has 0 radical (unpaired) electrons. The van der Waals surface area contributed by atoms with Crippen molar-refractivity contribution in [3.8, 4) is 0 Å². The predicted octanol–water partition coefficient (Wildman–Crippen LogP) is -0.713. The van der Waals surface area contributed by atoms with Gasteiger partial charge in [0.1, 0.15) is 5.69 Å². The van der Waals surface area contributed by atoms with Gasteiger partial charge in [0.05, 0.1) is 0 Å². The monoisotopic (exact) mass is 153 g/mol. The Labute approximate surface area is 62.8 Å². The molecule has 0 aromatic carbocycles. The van der Waals surface area contributed by atoms with Crippen LogP contribution in [0.5, 0.6) is 0 Å². The third kappa shape index (κ3) is 1.37. The topological polar surface area (TPSA) is 77.1 Å². The number of carbonyl (C=O) groups is 2. The van der Waals surface area contributed by atoms with Crippen LogP contribution in [-0.4, -0.2) is 17.0 Å². The number of nitrogens with zero attached hydrogens (tertiary/aromatic N) is 1. The van der Waals surface area contributed by atoms with Gasteiger partial charge >= 0.3 is 0 Å². The van der Waals surface area contributed by atoms with Gasteiger partial charge in [-0.15, -0.1) is 0 Å². The van der Waals surface area contributed by atoms with E-state index in [1.54, 1.807) is 6.07 Å². The number of rotatable bonds is 3. The van der Waals surface area contributed by atoms with E-state index < -0.39 is 5.91 Å². The fourth-order valence-corrected chi connectivity index (χ4v) is 0.751. The molecule has 58 valence electrons. The molecule has 0 fully saturated rings. The SMILES string of the molecule is NC(=O)c1cccn1NC=O.